The van der Waals surface area contributed by atoms with Crippen molar-refractivity contribution in [3.05, 3.63) is 0 Å². The summed E-state index contributed by atoms with van der Waals surface area (Å²) in [6, 6.07) is 0. The average Bonchev–Trinajstić information content (AvgIpc) is 2.63. The second kappa shape index (κ2) is 8.36. The molecule has 0 heterocycles. The minimum Gasteiger partial charge on any atom is -0.465 e. The molecular weight excluding hydrogens is 352 g/mol. The maximum Gasteiger partial charge on any atom is 0.311 e. The smallest absolute Gasteiger partial charge is 0.311 e. The van der Waals surface area contributed by atoms with E-state index in [1.165, 1.54) is 32.1 Å². The molecule has 4 saturated carbocycles. The Balaban J connectivity index is 1.47. The lowest BCUT2D eigenvalue weighted by Gasteiger charge is -2.61. The number of carbonyl (C=O) groups is 2. The number of hydrogen-bond acceptors (Lipinski definition) is 4. The van der Waals surface area contributed by atoms with Crippen molar-refractivity contribution < 1.29 is 19.1 Å². The molecule has 0 aromatic heterocycles. The van der Waals surface area contributed by atoms with Gasteiger partial charge in [-0.3, -0.25) is 9.59 Å². The molecule has 0 aromatic carbocycles. The van der Waals surface area contributed by atoms with Gasteiger partial charge in [-0.15, -0.1) is 0 Å². The Morgan fingerprint density at radius 1 is 1.00 bits per heavy atom. The molecule has 28 heavy (non-hydrogen) atoms. The SMILES string of the molecule is CCC(C)(C)C(=O)OCCCCC(=O)OC1(C(C)C)C2CC3CC(C2)CC1C3. The molecule has 4 bridgehead atoms. The Hall–Kier alpha value is -1.06. The van der Waals surface area contributed by atoms with Crippen molar-refractivity contribution in [2.75, 3.05) is 6.61 Å². The van der Waals surface area contributed by atoms with E-state index >= 15 is 0 Å². The third kappa shape index (κ3) is 4.11. The molecule has 0 saturated heterocycles. The molecule has 0 N–H and O–H groups in total. The fourth-order valence-corrected chi connectivity index (χ4v) is 6.27. The fraction of sp³-hybridized carbons (Fsp3) is 0.917. The summed E-state index contributed by atoms with van der Waals surface area (Å²) in [5.41, 5.74) is -0.663. The minimum absolute atomic E-state index is 0.0543. The summed E-state index contributed by atoms with van der Waals surface area (Å²) in [6.07, 6.45) is 9.03. The lowest BCUT2D eigenvalue weighted by Crippen LogP contribution is -2.62. The van der Waals surface area contributed by atoms with E-state index in [2.05, 4.69) is 13.8 Å². The molecule has 4 rings (SSSR count). The van der Waals surface area contributed by atoms with Crippen LogP contribution >= 0.6 is 0 Å². The lowest BCUT2D eigenvalue weighted by atomic mass is 9.47. The summed E-state index contributed by atoms with van der Waals surface area (Å²) < 4.78 is 11.7. The van der Waals surface area contributed by atoms with Crippen LogP contribution in [-0.2, 0) is 19.1 Å². The third-order valence-electron chi connectivity index (χ3n) is 8.05. The van der Waals surface area contributed by atoms with Crippen molar-refractivity contribution in [1.29, 1.82) is 0 Å². The maximum atomic E-state index is 12.7. The van der Waals surface area contributed by atoms with Crippen LogP contribution in [0.2, 0.25) is 0 Å². The summed E-state index contributed by atoms with van der Waals surface area (Å²) in [4.78, 5) is 24.7. The molecule has 0 radical (unpaired) electrons. The highest BCUT2D eigenvalue weighted by atomic mass is 16.6. The monoisotopic (exact) mass is 392 g/mol. The maximum absolute atomic E-state index is 12.7. The van der Waals surface area contributed by atoms with Crippen LogP contribution in [0.5, 0.6) is 0 Å². The van der Waals surface area contributed by atoms with Gasteiger partial charge < -0.3 is 9.47 Å². The standard InChI is InChI=1S/C24H40O4/c1-6-23(4,5)22(26)27-10-8-7-9-21(25)28-24(16(2)3)19-12-17-11-18(14-19)15-20(24)13-17/h16-20H,6-15H2,1-5H3. The molecule has 4 fully saturated rings. The summed E-state index contributed by atoms with van der Waals surface area (Å²) >= 11 is 0. The Kier molecular flexibility index (Phi) is 6.46. The van der Waals surface area contributed by atoms with E-state index in [-0.39, 0.29) is 17.5 Å². The Morgan fingerprint density at radius 2 is 1.57 bits per heavy atom. The normalized spacial score (nSPS) is 33.9. The van der Waals surface area contributed by atoms with Crippen LogP contribution in [0.15, 0.2) is 0 Å². The van der Waals surface area contributed by atoms with Crippen molar-refractivity contribution in [2.24, 2.45) is 35.0 Å². The first kappa shape index (κ1) is 21.6. The average molecular weight is 393 g/mol. The first-order valence-electron chi connectivity index (χ1n) is 11.6. The largest absolute Gasteiger partial charge is 0.465 e. The zero-order valence-corrected chi connectivity index (χ0v) is 18.6. The highest BCUT2D eigenvalue weighted by Gasteiger charge is 2.60. The fourth-order valence-electron chi connectivity index (χ4n) is 6.27. The molecule has 0 unspecified atom stereocenters. The van der Waals surface area contributed by atoms with Crippen molar-refractivity contribution in [2.45, 2.75) is 98.0 Å². The number of unbranched alkanes of at least 4 members (excludes halogenated alkanes) is 1. The number of esters is 2. The van der Waals surface area contributed by atoms with Crippen molar-refractivity contribution >= 4 is 11.9 Å². The molecule has 4 heteroatoms. The van der Waals surface area contributed by atoms with E-state index in [0.717, 1.165) is 18.3 Å². The van der Waals surface area contributed by atoms with Crippen LogP contribution in [-0.4, -0.2) is 24.1 Å². The number of rotatable bonds is 9. The van der Waals surface area contributed by atoms with Crippen molar-refractivity contribution in [3.63, 3.8) is 0 Å². The first-order valence-corrected chi connectivity index (χ1v) is 11.6. The summed E-state index contributed by atoms with van der Waals surface area (Å²) in [6.45, 7) is 10.7. The van der Waals surface area contributed by atoms with Crippen molar-refractivity contribution in [1.82, 2.24) is 0 Å². The second-order valence-corrected chi connectivity index (χ2v) is 10.6. The van der Waals surface area contributed by atoms with Gasteiger partial charge in [0.25, 0.3) is 0 Å². The van der Waals surface area contributed by atoms with Crippen LogP contribution in [0.1, 0.15) is 92.4 Å². The van der Waals surface area contributed by atoms with Gasteiger partial charge in [-0.1, -0.05) is 20.8 Å². The lowest BCUT2D eigenvalue weighted by molar-refractivity contribution is -0.225. The molecule has 0 amide bonds. The van der Waals surface area contributed by atoms with E-state index in [9.17, 15) is 9.59 Å². The van der Waals surface area contributed by atoms with Gasteiger partial charge in [0.15, 0.2) is 0 Å². The van der Waals surface area contributed by atoms with Gasteiger partial charge in [0.05, 0.1) is 12.0 Å². The van der Waals surface area contributed by atoms with Crippen molar-refractivity contribution in [3.8, 4) is 0 Å². The molecule has 4 aliphatic rings. The van der Waals surface area contributed by atoms with Crippen LogP contribution in [0.25, 0.3) is 0 Å². The van der Waals surface area contributed by atoms with Gasteiger partial charge in [0.2, 0.25) is 0 Å². The summed E-state index contributed by atoms with van der Waals surface area (Å²) in [5.74, 6) is 3.04. The van der Waals surface area contributed by atoms with Gasteiger partial charge in [0, 0.05) is 6.42 Å². The van der Waals surface area contributed by atoms with E-state index in [1.807, 2.05) is 20.8 Å². The molecule has 160 valence electrons. The van der Waals surface area contributed by atoms with Gasteiger partial charge in [-0.25, -0.2) is 0 Å². The predicted molar refractivity (Wildman–Crippen MR) is 110 cm³/mol. The molecule has 4 nitrogen and oxygen atoms in total. The van der Waals surface area contributed by atoms with E-state index < -0.39 is 5.41 Å². The molecule has 0 atom stereocenters. The van der Waals surface area contributed by atoms with Crippen LogP contribution in [0, 0.1) is 35.0 Å². The van der Waals surface area contributed by atoms with Gasteiger partial charge in [-0.2, -0.15) is 0 Å². The van der Waals surface area contributed by atoms with E-state index in [1.54, 1.807) is 0 Å². The summed E-state index contributed by atoms with van der Waals surface area (Å²) in [5, 5.41) is 0. The first-order chi connectivity index (χ1) is 13.2. The van der Waals surface area contributed by atoms with Crippen LogP contribution in [0.3, 0.4) is 0 Å². The number of hydrogen-bond donors (Lipinski definition) is 0. The van der Waals surface area contributed by atoms with Gasteiger partial charge >= 0.3 is 11.9 Å². The van der Waals surface area contributed by atoms with E-state index in [0.29, 0.717) is 43.6 Å². The summed E-state index contributed by atoms with van der Waals surface area (Å²) in [7, 11) is 0. The second-order valence-electron chi connectivity index (χ2n) is 10.6. The number of carbonyl (C=O) groups excluding carboxylic acids is 2. The molecular formula is C24H40O4. The van der Waals surface area contributed by atoms with E-state index in [4.69, 9.17) is 9.47 Å². The minimum atomic E-state index is -0.429. The zero-order chi connectivity index (χ0) is 20.5. The predicted octanol–water partition coefficient (Wildman–Crippen LogP) is 5.53. The van der Waals surface area contributed by atoms with Crippen LogP contribution < -0.4 is 0 Å². The molecule has 0 aliphatic heterocycles. The van der Waals surface area contributed by atoms with Gasteiger partial charge in [0.1, 0.15) is 5.60 Å². The highest BCUT2D eigenvalue weighted by molar-refractivity contribution is 5.75. The topological polar surface area (TPSA) is 52.6 Å². The number of ether oxygens (including phenoxy) is 2. The Morgan fingerprint density at radius 3 is 2.07 bits per heavy atom. The molecule has 0 aromatic rings. The van der Waals surface area contributed by atoms with Crippen LogP contribution in [0.4, 0.5) is 0 Å². The third-order valence-corrected chi connectivity index (χ3v) is 8.05. The quantitative estimate of drug-likeness (QED) is 0.382. The molecule has 0 spiro atoms. The Labute approximate surface area is 171 Å². The highest BCUT2D eigenvalue weighted by Crippen LogP contribution is 2.61. The Bertz CT molecular complexity index is 549. The van der Waals surface area contributed by atoms with Gasteiger partial charge in [-0.05, 0) is 94.8 Å². The zero-order valence-electron chi connectivity index (χ0n) is 18.6. The molecule has 4 aliphatic carbocycles.